The summed E-state index contributed by atoms with van der Waals surface area (Å²) in [6.45, 7) is 1.89. The number of rotatable bonds is 2. The monoisotopic (exact) mass is 261 g/mol. The van der Waals surface area contributed by atoms with E-state index < -0.39 is 17.2 Å². The van der Waals surface area contributed by atoms with Gasteiger partial charge in [0.05, 0.1) is 5.41 Å². The van der Waals surface area contributed by atoms with Gasteiger partial charge in [0, 0.05) is 24.2 Å². The number of carbonyl (C=O) groups excluding carboxylic acids is 3. The van der Waals surface area contributed by atoms with Crippen molar-refractivity contribution in [1.82, 2.24) is 10.6 Å². The fourth-order valence-corrected chi connectivity index (χ4v) is 1.89. The highest BCUT2D eigenvalue weighted by atomic mass is 16.2. The van der Waals surface area contributed by atoms with E-state index in [0.29, 0.717) is 11.3 Å². The van der Waals surface area contributed by atoms with Gasteiger partial charge in [0.15, 0.2) is 0 Å². The number of hydrogen-bond acceptors (Lipinski definition) is 4. The highest BCUT2D eigenvalue weighted by molar-refractivity contribution is 6.07. The molecule has 1 aliphatic rings. The zero-order valence-electron chi connectivity index (χ0n) is 10.5. The second kappa shape index (κ2) is 4.72. The predicted molar refractivity (Wildman–Crippen MR) is 69.1 cm³/mol. The highest BCUT2D eigenvalue weighted by Gasteiger charge is 2.41. The second-order valence-corrected chi connectivity index (χ2v) is 4.92. The number of nitrogen functional groups attached to an aromatic ring is 1. The smallest absolute Gasteiger partial charge is 0.257 e. The van der Waals surface area contributed by atoms with Gasteiger partial charge in [-0.25, -0.2) is 0 Å². The van der Waals surface area contributed by atoms with Crippen molar-refractivity contribution in [2.24, 2.45) is 5.41 Å². The van der Waals surface area contributed by atoms with Crippen LogP contribution < -0.4 is 16.4 Å². The Labute approximate surface area is 110 Å². The molecule has 19 heavy (non-hydrogen) atoms. The molecular formula is C13H15N3O3. The molecule has 1 heterocycles. The first-order valence-corrected chi connectivity index (χ1v) is 5.89. The molecular weight excluding hydrogens is 246 g/mol. The van der Waals surface area contributed by atoms with E-state index in [1.165, 1.54) is 0 Å². The summed E-state index contributed by atoms with van der Waals surface area (Å²) in [7, 11) is 0. The minimum Gasteiger partial charge on any atom is -0.399 e. The van der Waals surface area contributed by atoms with Gasteiger partial charge in [0.1, 0.15) is 0 Å². The topological polar surface area (TPSA) is 101 Å². The van der Waals surface area contributed by atoms with Crippen LogP contribution in [0.4, 0.5) is 5.69 Å². The van der Waals surface area contributed by atoms with Crippen LogP contribution in [0.15, 0.2) is 24.3 Å². The minimum absolute atomic E-state index is 0.0911. The van der Waals surface area contributed by atoms with Crippen LogP contribution in [0.5, 0.6) is 0 Å². The van der Waals surface area contributed by atoms with Crippen LogP contribution in [0, 0.1) is 5.41 Å². The van der Waals surface area contributed by atoms with Gasteiger partial charge in [-0.3, -0.25) is 19.7 Å². The fourth-order valence-electron chi connectivity index (χ4n) is 1.89. The third kappa shape index (κ3) is 2.73. The Morgan fingerprint density at radius 3 is 2.47 bits per heavy atom. The molecule has 0 aliphatic carbocycles. The van der Waals surface area contributed by atoms with E-state index >= 15 is 0 Å². The number of imide groups is 1. The van der Waals surface area contributed by atoms with E-state index in [1.807, 2.05) is 0 Å². The maximum absolute atomic E-state index is 12.0. The van der Waals surface area contributed by atoms with Gasteiger partial charge in [-0.05, 0) is 31.2 Å². The number of carbonyl (C=O) groups is 3. The Bertz CT molecular complexity index is 539. The first-order chi connectivity index (χ1) is 8.90. The summed E-state index contributed by atoms with van der Waals surface area (Å²) in [5, 5.41) is 4.89. The van der Waals surface area contributed by atoms with Crippen molar-refractivity contribution < 1.29 is 14.4 Å². The predicted octanol–water partition coefficient (Wildman–Crippen LogP) is 0.0514. The molecule has 100 valence electrons. The van der Waals surface area contributed by atoms with Crippen molar-refractivity contribution in [2.45, 2.75) is 13.3 Å². The molecule has 1 fully saturated rings. The highest BCUT2D eigenvalue weighted by Crippen LogP contribution is 2.25. The van der Waals surface area contributed by atoms with Crippen LogP contribution in [-0.4, -0.2) is 24.3 Å². The molecule has 1 aliphatic heterocycles. The van der Waals surface area contributed by atoms with E-state index in [0.717, 1.165) is 0 Å². The van der Waals surface area contributed by atoms with Gasteiger partial charge >= 0.3 is 0 Å². The Hall–Kier alpha value is -2.37. The second-order valence-electron chi connectivity index (χ2n) is 4.92. The molecule has 1 unspecified atom stereocenters. The SMILES string of the molecule is CC1(C(=O)NC(=O)c2ccc(N)cc2)CNC(=O)C1. The number of nitrogens with one attached hydrogen (secondary N) is 2. The molecule has 4 N–H and O–H groups in total. The van der Waals surface area contributed by atoms with Crippen molar-refractivity contribution in [3.8, 4) is 0 Å². The summed E-state index contributed by atoms with van der Waals surface area (Å²) in [5.74, 6) is -1.13. The number of hydrogen-bond donors (Lipinski definition) is 3. The van der Waals surface area contributed by atoms with Crippen molar-refractivity contribution in [2.75, 3.05) is 12.3 Å². The van der Waals surface area contributed by atoms with Crippen molar-refractivity contribution in [3.05, 3.63) is 29.8 Å². The first kappa shape index (κ1) is 13.1. The lowest BCUT2D eigenvalue weighted by atomic mass is 9.88. The zero-order chi connectivity index (χ0) is 14.0. The summed E-state index contributed by atoms with van der Waals surface area (Å²) in [6.07, 6.45) is 0.0911. The molecule has 0 aromatic heterocycles. The third-order valence-corrected chi connectivity index (χ3v) is 3.17. The number of benzene rings is 1. The summed E-state index contributed by atoms with van der Waals surface area (Å²) in [5.41, 5.74) is 5.54. The molecule has 6 nitrogen and oxygen atoms in total. The molecule has 3 amide bonds. The lowest BCUT2D eigenvalue weighted by Crippen LogP contribution is -2.43. The average Bonchev–Trinajstić information content (AvgIpc) is 2.71. The van der Waals surface area contributed by atoms with Gasteiger partial charge in [-0.1, -0.05) is 0 Å². The first-order valence-electron chi connectivity index (χ1n) is 5.89. The van der Waals surface area contributed by atoms with Crippen molar-refractivity contribution in [3.63, 3.8) is 0 Å². The Kier molecular flexibility index (Phi) is 3.25. The Balaban J connectivity index is 2.05. The van der Waals surface area contributed by atoms with E-state index in [-0.39, 0.29) is 18.9 Å². The molecule has 2 rings (SSSR count). The van der Waals surface area contributed by atoms with Gasteiger partial charge in [-0.2, -0.15) is 0 Å². The summed E-state index contributed by atoms with van der Waals surface area (Å²) >= 11 is 0. The van der Waals surface area contributed by atoms with Crippen LogP contribution >= 0.6 is 0 Å². The maximum Gasteiger partial charge on any atom is 0.257 e. The van der Waals surface area contributed by atoms with Crippen LogP contribution in [0.3, 0.4) is 0 Å². The quantitative estimate of drug-likeness (QED) is 0.517. The van der Waals surface area contributed by atoms with Crippen molar-refractivity contribution in [1.29, 1.82) is 0 Å². The van der Waals surface area contributed by atoms with Crippen LogP contribution in [0.25, 0.3) is 0 Å². The molecule has 6 heteroatoms. The molecule has 0 spiro atoms. The van der Waals surface area contributed by atoms with E-state index in [1.54, 1.807) is 31.2 Å². The minimum atomic E-state index is -0.874. The molecule has 1 aromatic carbocycles. The number of nitrogens with two attached hydrogens (primary N) is 1. The van der Waals surface area contributed by atoms with Crippen LogP contribution in [-0.2, 0) is 9.59 Å². The summed E-state index contributed by atoms with van der Waals surface area (Å²) in [4.78, 5) is 35.0. The molecule has 1 aromatic rings. The number of anilines is 1. The molecule has 0 radical (unpaired) electrons. The van der Waals surface area contributed by atoms with Gasteiger partial charge in [-0.15, -0.1) is 0 Å². The Morgan fingerprint density at radius 1 is 1.32 bits per heavy atom. The average molecular weight is 261 g/mol. The maximum atomic E-state index is 12.0. The van der Waals surface area contributed by atoms with Crippen molar-refractivity contribution >= 4 is 23.4 Å². The fraction of sp³-hybridized carbons (Fsp3) is 0.308. The summed E-state index contributed by atoms with van der Waals surface area (Å²) < 4.78 is 0. The van der Waals surface area contributed by atoms with Gasteiger partial charge < -0.3 is 11.1 Å². The molecule has 1 atom stereocenters. The summed E-state index contributed by atoms with van der Waals surface area (Å²) in [6, 6.07) is 6.25. The van der Waals surface area contributed by atoms with Gasteiger partial charge in [0.2, 0.25) is 11.8 Å². The standard InChI is InChI=1S/C13H15N3O3/c1-13(6-10(17)15-7-13)12(19)16-11(18)8-2-4-9(14)5-3-8/h2-5H,6-7,14H2,1H3,(H,15,17)(H,16,18,19). The molecule has 0 bridgehead atoms. The lowest BCUT2D eigenvalue weighted by molar-refractivity contribution is -0.130. The van der Waals surface area contributed by atoms with Gasteiger partial charge in [0.25, 0.3) is 5.91 Å². The Morgan fingerprint density at radius 2 is 1.95 bits per heavy atom. The van der Waals surface area contributed by atoms with Crippen LogP contribution in [0.2, 0.25) is 0 Å². The third-order valence-electron chi connectivity index (χ3n) is 3.17. The van der Waals surface area contributed by atoms with E-state index in [9.17, 15) is 14.4 Å². The van der Waals surface area contributed by atoms with Crippen LogP contribution in [0.1, 0.15) is 23.7 Å². The molecule has 1 saturated heterocycles. The van der Waals surface area contributed by atoms with E-state index in [2.05, 4.69) is 10.6 Å². The van der Waals surface area contributed by atoms with E-state index in [4.69, 9.17) is 5.73 Å². The molecule has 0 saturated carbocycles. The lowest BCUT2D eigenvalue weighted by Gasteiger charge is -2.19. The largest absolute Gasteiger partial charge is 0.399 e. The zero-order valence-corrected chi connectivity index (χ0v) is 10.5. The number of amides is 3. The normalized spacial score (nSPS) is 21.8.